The van der Waals surface area contributed by atoms with Gasteiger partial charge in [0.05, 0.1) is 0 Å². The zero-order chi connectivity index (χ0) is 24.7. The minimum Gasteiger partial charge on any atom is -0.508 e. The number of aliphatic hydroxyl groups excluding tert-OH is 1. The third-order valence-electron chi connectivity index (χ3n) is 6.90. The Balaban J connectivity index is 0.00000200. The van der Waals surface area contributed by atoms with Crippen LogP contribution in [-0.4, -0.2) is 54.4 Å². The number of allylic oxidation sites excluding steroid dienone is 1. The molecule has 0 saturated carbocycles. The lowest BCUT2D eigenvalue weighted by atomic mass is 9.87. The number of aromatic hydroxyl groups is 1. The SMILES string of the molecule is Cl.Cl.OCCC/C(=C(\c1ccc(O)cc1)c1ccc2oc(CCN3CCNCC3)cc2c1)c1ccccc1. The number of nitrogens with zero attached hydrogens (tertiary/aromatic N) is 1. The molecule has 4 aromatic rings. The molecule has 1 saturated heterocycles. The minimum absolute atomic E-state index is 0. The molecule has 0 atom stereocenters. The maximum atomic E-state index is 9.93. The first kappa shape index (κ1) is 29.8. The van der Waals surface area contributed by atoms with E-state index in [9.17, 15) is 10.2 Å². The molecule has 0 aliphatic carbocycles. The predicted octanol–water partition coefficient (Wildman–Crippen LogP) is 6.16. The van der Waals surface area contributed by atoms with E-state index in [0.29, 0.717) is 6.42 Å². The number of nitrogens with one attached hydrogen (secondary N) is 1. The number of rotatable bonds is 9. The van der Waals surface area contributed by atoms with Crippen LogP contribution in [-0.2, 0) is 6.42 Å². The summed E-state index contributed by atoms with van der Waals surface area (Å²) in [6.45, 7) is 5.41. The molecule has 1 fully saturated rings. The summed E-state index contributed by atoms with van der Waals surface area (Å²) >= 11 is 0. The molecule has 2 heterocycles. The van der Waals surface area contributed by atoms with Crippen LogP contribution in [0.4, 0.5) is 0 Å². The molecule has 202 valence electrons. The van der Waals surface area contributed by atoms with Crippen LogP contribution in [0.2, 0.25) is 0 Å². The van der Waals surface area contributed by atoms with Crippen LogP contribution in [0.25, 0.3) is 22.1 Å². The van der Waals surface area contributed by atoms with Gasteiger partial charge in [0.1, 0.15) is 17.1 Å². The number of halogens is 2. The van der Waals surface area contributed by atoms with Gasteiger partial charge in [0.15, 0.2) is 0 Å². The Hall–Kier alpha value is -2.80. The summed E-state index contributed by atoms with van der Waals surface area (Å²) in [6.07, 6.45) is 2.32. The number of aliphatic hydroxyl groups is 1. The number of benzene rings is 3. The van der Waals surface area contributed by atoms with Crippen molar-refractivity contribution < 1.29 is 14.6 Å². The van der Waals surface area contributed by atoms with Crippen molar-refractivity contribution in [3.8, 4) is 5.75 Å². The van der Waals surface area contributed by atoms with Crippen molar-refractivity contribution in [1.82, 2.24) is 10.2 Å². The summed E-state index contributed by atoms with van der Waals surface area (Å²) < 4.78 is 6.20. The first-order valence-corrected chi connectivity index (χ1v) is 12.9. The fraction of sp³-hybridized carbons (Fsp3) is 0.290. The first-order chi connectivity index (χ1) is 17.7. The molecule has 0 spiro atoms. The van der Waals surface area contributed by atoms with Crippen LogP contribution < -0.4 is 5.32 Å². The average Bonchev–Trinajstić information content (AvgIpc) is 3.34. The molecule has 3 N–H and O–H groups in total. The van der Waals surface area contributed by atoms with Crippen molar-refractivity contribution in [3.05, 3.63) is 101 Å². The molecule has 5 nitrogen and oxygen atoms in total. The molecule has 0 bridgehead atoms. The van der Waals surface area contributed by atoms with Gasteiger partial charge in [-0.1, -0.05) is 48.5 Å². The van der Waals surface area contributed by atoms with Crippen LogP contribution in [0.3, 0.4) is 0 Å². The van der Waals surface area contributed by atoms with Crippen molar-refractivity contribution >= 4 is 46.9 Å². The smallest absolute Gasteiger partial charge is 0.134 e. The molecular weight excluding hydrogens is 519 g/mol. The quantitative estimate of drug-likeness (QED) is 0.216. The highest BCUT2D eigenvalue weighted by atomic mass is 35.5. The van der Waals surface area contributed by atoms with E-state index >= 15 is 0 Å². The summed E-state index contributed by atoms with van der Waals surface area (Å²) in [5.41, 5.74) is 6.46. The number of hydrogen-bond donors (Lipinski definition) is 3. The fourth-order valence-corrected chi connectivity index (χ4v) is 5.03. The van der Waals surface area contributed by atoms with Gasteiger partial charge in [-0.3, -0.25) is 0 Å². The highest BCUT2D eigenvalue weighted by molar-refractivity contribution is 6.00. The lowest BCUT2D eigenvalue weighted by Gasteiger charge is -2.26. The standard InChI is InChI=1S/C31H34N2O3.2ClH/c34-20-4-7-29(23-5-2-1-3-6-23)31(24-8-11-27(35)12-9-24)25-10-13-30-26(21-25)22-28(36-30)14-17-33-18-15-32-16-19-33;;/h1-3,5-6,8-13,21-22,32,34-35H,4,7,14-20H2;2*1H/b31-29-;;. The molecule has 0 unspecified atom stereocenters. The number of piperazine rings is 1. The summed E-state index contributed by atoms with van der Waals surface area (Å²) in [5, 5.41) is 24.1. The van der Waals surface area contributed by atoms with E-state index in [4.69, 9.17) is 4.42 Å². The van der Waals surface area contributed by atoms with Crippen molar-refractivity contribution in [2.24, 2.45) is 0 Å². The summed E-state index contributed by atoms with van der Waals surface area (Å²) in [7, 11) is 0. The highest BCUT2D eigenvalue weighted by Gasteiger charge is 2.16. The molecular formula is C31H36Cl2N2O3. The second-order valence-corrected chi connectivity index (χ2v) is 9.40. The third kappa shape index (κ3) is 7.19. The second-order valence-electron chi connectivity index (χ2n) is 9.40. The Morgan fingerprint density at radius 3 is 2.26 bits per heavy atom. The van der Waals surface area contributed by atoms with E-state index < -0.39 is 0 Å². The van der Waals surface area contributed by atoms with Gasteiger partial charge < -0.3 is 24.8 Å². The molecule has 1 aliphatic rings. The van der Waals surface area contributed by atoms with Crippen molar-refractivity contribution in [3.63, 3.8) is 0 Å². The van der Waals surface area contributed by atoms with Crippen LogP contribution >= 0.6 is 24.8 Å². The van der Waals surface area contributed by atoms with Crippen LogP contribution in [0.15, 0.2) is 83.3 Å². The number of furan rings is 1. The second kappa shape index (κ2) is 14.4. The van der Waals surface area contributed by atoms with Gasteiger partial charge >= 0.3 is 0 Å². The molecule has 0 radical (unpaired) electrons. The molecule has 3 aromatic carbocycles. The Morgan fingerprint density at radius 2 is 1.55 bits per heavy atom. The van der Waals surface area contributed by atoms with E-state index in [1.807, 2.05) is 30.3 Å². The molecule has 38 heavy (non-hydrogen) atoms. The zero-order valence-electron chi connectivity index (χ0n) is 21.4. The average molecular weight is 556 g/mol. The largest absolute Gasteiger partial charge is 0.508 e. The molecule has 1 aromatic heterocycles. The fourth-order valence-electron chi connectivity index (χ4n) is 5.03. The van der Waals surface area contributed by atoms with Gasteiger partial charge in [0.2, 0.25) is 0 Å². The molecule has 1 aliphatic heterocycles. The topological polar surface area (TPSA) is 68.9 Å². The van der Waals surface area contributed by atoms with Crippen molar-refractivity contribution in [1.29, 1.82) is 0 Å². The number of fused-ring (bicyclic) bond motifs is 1. The van der Waals surface area contributed by atoms with Crippen molar-refractivity contribution in [2.45, 2.75) is 19.3 Å². The van der Waals surface area contributed by atoms with Gasteiger partial charge in [0, 0.05) is 51.1 Å². The lowest BCUT2D eigenvalue weighted by molar-refractivity contribution is 0.239. The molecule has 5 rings (SSSR count). The van der Waals surface area contributed by atoms with E-state index in [2.05, 4.69) is 46.6 Å². The van der Waals surface area contributed by atoms with Gasteiger partial charge in [-0.15, -0.1) is 24.8 Å². The Bertz CT molecular complexity index is 1310. The maximum absolute atomic E-state index is 9.93. The van der Waals surface area contributed by atoms with E-state index in [1.54, 1.807) is 12.1 Å². The van der Waals surface area contributed by atoms with Crippen LogP contribution in [0, 0.1) is 0 Å². The number of phenolic OH excluding ortho intramolecular Hbond substituents is 1. The summed E-state index contributed by atoms with van der Waals surface area (Å²) in [4.78, 5) is 2.48. The number of hydrogen-bond acceptors (Lipinski definition) is 5. The molecule has 0 amide bonds. The first-order valence-electron chi connectivity index (χ1n) is 12.9. The third-order valence-corrected chi connectivity index (χ3v) is 6.90. The zero-order valence-corrected chi connectivity index (χ0v) is 23.1. The normalized spacial score (nSPS) is 14.4. The van der Waals surface area contributed by atoms with Gasteiger partial charge in [-0.05, 0) is 71.0 Å². The Kier molecular flexibility index (Phi) is 11.3. The monoisotopic (exact) mass is 554 g/mol. The van der Waals surface area contributed by atoms with Gasteiger partial charge in [-0.25, -0.2) is 0 Å². The van der Waals surface area contributed by atoms with Gasteiger partial charge in [0.25, 0.3) is 0 Å². The summed E-state index contributed by atoms with van der Waals surface area (Å²) in [5.74, 6) is 1.26. The lowest BCUT2D eigenvalue weighted by Crippen LogP contribution is -2.44. The maximum Gasteiger partial charge on any atom is 0.134 e. The van der Waals surface area contributed by atoms with E-state index in [1.165, 1.54) is 5.57 Å². The van der Waals surface area contributed by atoms with Crippen LogP contribution in [0.1, 0.15) is 35.3 Å². The van der Waals surface area contributed by atoms with Crippen molar-refractivity contribution in [2.75, 3.05) is 39.3 Å². The predicted molar refractivity (Wildman–Crippen MR) is 161 cm³/mol. The Labute approximate surface area is 237 Å². The number of phenols is 1. The van der Waals surface area contributed by atoms with Gasteiger partial charge in [-0.2, -0.15) is 0 Å². The van der Waals surface area contributed by atoms with E-state index in [0.717, 1.165) is 84.6 Å². The highest BCUT2D eigenvalue weighted by Crippen LogP contribution is 2.37. The summed E-state index contributed by atoms with van der Waals surface area (Å²) in [6, 6.07) is 26.3. The minimum atomic E-state index is 0. The Morgan fingerprint density at radius 1 is 0.842 bits per heavy atom. The van der Waals surface area contributed by atoms with Crippen LogP contribution in [0.5, 0.6) is 5.75 Å². The van der Waals surface area contributed by atoms with E-state index in [-0.39, 0.29) is 37.2 Å². The molecule has 7 heteroatoms.